The van der Waals surface area contributed by atoms with Gasteiger partial charge in [0, 0.05) is 12.1 Å². The van der Waals surface area contributed by atoms with E-state index in [2.05, 4.69) is 5.32 Å². The van der Waals surface area contributed by atoms with E-state index in [1.807, 2.05) is 6.07 Å². The van der Waals surface area contributed by atoms with E-state index in [0.717, 1.165) is 0 Å². The Morgan fingerprint density at radius 3 is 2.71 bits per heavy atom. The van der Waals surface area contributed by atoms with Gasteiger partial charge >= 0.3 is 0 Å². The van der Waals surface area contributed by atoms with Gasteiger partial charge in [-0.1, -0.05) is 18.2 Å². The van der Waals surface area contributed by atoms with Gasteiger partial charge in [0.15, 0.2) is 5.60 Å². The van der Waals surface area contributed by atoms with Crippen LogP contribution in [0.5, 0.6) is 5.75 Å². The largest absolute Gasteiger partial charge is 0.477 e. The summed E-state index contributed by atoms with van der Waals surface area (Å²) < 4.78 is 31.7. The highest BCUT2D eigenvalue weighted by atomic mass is 19.1. The fourth-order valence-electron chi connectivity index (χ4n) is 2.05. The second kappa shape index (κ2) is 6.35. The van der Waals surface area contributed by atoms with Crippen LogP contribution in [0.4, 0.5) is 8.78 Å². The minimum Gasteiger partial charge on any atom is -0.477 e. The number of ether oxygens (including phenoxy) is 1. The van der Waals surface area contributed by atoms with Crippen LogP contribution in [0.15, 0.2) is 30.3 Å². The maximum absolute atomic E-state index is 13.2. The molecule has 0 saturated carbocycles. The molecule has 4 nitrogen and oxygen atoms in total. The number of nitrogens with one attached hydrogen (secondary N) is 1. The van der Waals surface area contributed by atoms with Crippen LogP contribution in [0.25, 0.3) is 5.57 Å². The number of hydrogen-bond acceptors (Lipinski definition) is 3. The highest BCUT2D eigenvalue weighted by molar-refractivity contribution is 6.20. The number of benzene rings is 1. The molecule has 21 heavy (non-hydrogen) atoms. The van der Waals surface area contributed by atoms with Crippen molar-refractivity contribution in [3.05, 3.63) is 35.9 Å². The fourth-order valence-corrected chi connectivity index (χ4v) is 2.05. The van der Waals surface area contributed by atoms with Gasteiger partial charge in [-0.25, -0.2) is 8.78 Å². The van der Waals surface area contributed by atoms with Gasteiger partial charge in [-0.3, -0.25) is 4.79 Å². The number of para-hydroxylation sites is 1. The monoisotopic (exact) mass is 292 g/mol. The number of amides is 1. The van der Waals surface area contributed by atoms with Crippen molar-refractivity contribution in [1.29, 1.82) is 5.26 Å². The van der Waals surface area contributed by atoms with E-state index >= 15 is 0 Å². The normalized spacial score (nSPS) is 15.2. The summed E-state index contributed by atoms with van der Waals surface area (Å²) in [6.07, 6.45) is 1.34. The van der Waals surface area contributed by atoms with Crippen molar-refractivity contribution >= 4 is 11.5 Å². The lowest BCUT2D eigenvalue weighted by molar-refractivity contribution is -0.115. The van der Waals surface area contributed by atoms with Crippen LogP contribution in [0.1, 0.15) is 12.0 Å². The number of nitriles is 1. The lowest BCUT2D eigenvalue weighted by atomic mass is 9.93. The molecule has 1 aromatic carbocycles. The third-order valence-electron chi connectivity index (χ3n) is 3.12. The number of nitrogens with zero attached hydrogens (tertiary/aromatic N) is 1. The van der Waals surface area contributed by atoms with Crippen molar-refractivity contribution in [2.45, 2.75) is 12.0 Å². The van der Waals surface area contributed by atoms with E-state index in [1.165, 1.54) is 6.08 Å². The molecule has 2 rings (SSSR count). The van der Waals surface area contributed by atoms with E-state index in [9.17, 15) is 13.6 Å². The lowest BCUT2D eigenvalue weighted by Gasteiger charge is -2.32. The zero-order valence-electron chi connectivity index (χ0n) is 11.2. The Balaban J connectivity index is 2.36. The van der Waals surface area contributed by atoms with Gasteiger partial charge in [0.1, 0.15) is 19.1 Å². The third-order valence-corrected chi connectivity index (χ3v) is 3.12. The molecule has 0 spiro atoms. The topological polar surface area (TPSA) is 62.1 Å². The Morgan fingerprint density at radius 1 is 1.33 bits per heavy atom. The number of fused-ring (bicyclic) bond motifs is 1. The van der Waals surface area contributed by atoms with Gasteiger partial charge in [0.25, 0.3) is 5.91 Å². The molecule has 1 aliphatic rings. The smallest absolute Gasteiger partial charge is 0.251 e. The van der Waals surface area contributed by atoms with Crippen LogP contribution in [0.3, 0.4) is 0 Å². The summed E-state index contributed by atoms with van der Waals surface area (Å²) in [6.45, 7) is -1.98. The van der Waals surface area contributed by atoms with E-state index in [-0.39, 0.29) is 24.3 Å². The molecule has 6 heteroatoms. The molecule has 0 atom stereocenters. The molecule has 1 heterocycles. The molecule has 0 bridgehead atoms. The molecule has 0 saturated heterocycles. The standard InChI is InChI=1S/C15H14F2N2O2/c16-9-15(10-17)8-12(14(20)19-7-3-6-18)11-4-1-2-5-13(11)21-15/h1-2,4-5,8H,3,7,9-10H2,(H,19,20). The minimum absolute atomic E-state index is 0.157. The first kappa shape index (κ1) is 15.0. The number of halogens is 2. The molecular formula is C15H14F2N2O2. The van der Waals surface area contributed by atoms with Crippen molar-refractivity contribution in [2.24, 2.45) is 0 Å². The van der Waals surface area contributed by atoms with Crippen molar-refractivity contribution in [3.63, 3.8) is 0 Å². The van der Waals surface area contributed by atoms with Crippen molar-refractivity contribution in [1.82, 2.24) is 5.32 Å². The van der Waals surface area contributed by atoms with Gasteiger partial charge in [0.05, 0.1) is 18.1 Å². The molecular weight excluding hydrogens is 278 g/mol. The van der Waals surface area contributed by atoms with E-state index in [0.29, 0.717) is 5.56 Å². The van der Waals surface area contributed by atoms with Crippen molar-refractivity contribution < 1.29 is 18.3 Å². The average molecular weight is 292 g/mol. The van der Waals surface area contributed by atoms with Crippen LogP contribution in [0, 0.1) is 11.3 Å². The zero-order valence-corrected chi connectivity index (χ0v) is 11.2. The fraction of sp³-hybridized carbons (Fsp3) is 0.333. The summed E-state index contributed by atoms with van der Waals surface area (Å²) in [7, 11) is 0. The van der Waals surface area contributed by atoms with E-state index in [4.69, 9.17) is 10.00 Å². The quantitative estimate of drug-likeness (QED) is 0.846. The SMILES string of the molecule is N#CCCNC(=O)C1=CC(CF)(CF)Oc2ccccc21. The number of alkyl halides is 2. The summed E-state index contributed by atoms with van der Waals surface area (Å²) in [6, 6.07) is 8.48. The molecule has 1 amide bonds. The number of hydrogen-bond donors (Lipinski definition) is 1. The van der Waals surface area contributed by atoms with Gasteiger partial charge in [0.2, 0.25) is 0 Å². The molecule has 110 valence electrons. The maximum atomic E-state index is 13.2. The highest BCUT2D eigenvalue weighted by Gasteiger charge is 2.37. The Hall–Kier alpha value is -2.42. The Labute approximate surface area is 121 Å². The molecule has 1 aromatic rings. The van der Waals surface area contributed by atoms with Gasteiger partial charge in [-0.2, -0.15) is 5.26 Å². The summed E-state index contributed by atoms with van der Waals surface area (Å²) in [4.78, 5) is 12.2. The average Bonchev–Trinajstić information content (AvgIpc) is 2.53. The maximum Gasteiger partial charge on any atom is 0.251 e. The van der Waals surface area contributed by atoms with Crippen LogP contribution in [-0.2, 0) is 4.79 Å². The lowest BCUT2D eigenvalue weighted by Crippen LogP contribution is -2.42. The summed E-state index contributed by atoms with van der Waals surface area (Å²) in [5, 5.41) is 11.0. The van der Waals surface area contributed by atoms with Crippen molar-refractivity contribution in [3.8, 4) is 11.8 Å². The summed E-state index contributed by atoms with van der Waals surface area (Å²) >= 11 is 0. The number of carbonyl (C=O) groups excluding carboxylic acids is 1. The van der Waals surface area contributed by atoms with Crippen LogP contribution < -0.4 is 10.1 Å². The first-order valence-corrected chi connectivity index (χ1v) is 6.44. The van der Waals surface area contributed by atoms with Crippen LogP contribution in [-0.4, -0.2) is 31.4 Å². The molecule has 0 radical (unpaired) electrons. The number of carbonyl (C=O) groups is 1. The predicted molar refractivity (Wildman–Crippen MR) is 73.0 cm³/mol. The zero-order chi connectivity index (χ0) is 15.3. The first-order valence-electron chi connectivity index (χ1n) is 6.44. The minimum atomic E-state index is -1.77. The molecule has 1 N–H and O–H groups in total. The van der Waals surface area contributed by atoms with Gasteiger partial charge in [-0.15, -0.1) is 0 Å². The number of rotatable bonds is 5. The molecule has 0 fully saturated rings. The molecule has 1 aliphatic heterocycles. The molecule has 0 aliphatic carbocycles. The second-order valence-corrected chi connectivity index (χ2v) is 4.65. The Morgan fingerprint density at radius 2 is 2.05 bits per heavy atom. The van der Waals surface area contributed by atoms with Crippen LogP contribution >= 0.6 is 0 Å². The van der Waals surface area contributed by atoms with E-state index < -0.39 is 24.9 Å². The first-order chi connectivity index (χ1) is 10.2. The Kier molecular flexibility index (Phi) is 4.53. The van der Waals surface area contributed by atoms with E-state index in [1.54, 1.807) is 24.3 Å². The highest BCUT2D eigenvalue weighted by Crippen LogP contribution is 2.36. The van der Waals surface area contributed by atoms with Crippen LogP contribution in [0.2, 0.25) is 0 Å². The molecule has 0 unspecified atom stereocenters. The molecule has 0 aromatic heterocycles. The van der Waals surface area contributed by atoms with Gasteiger partial charge < -0.3 is 10.1 Å². The third kappa shape index (κ3) is 3.02. The second-order valence-electron chi connectivity index (χ2n) is 4.65. The summed E-state index contributed by atoms with van der Waals surface area (Å²) in [5.74, 6) is -0.215. The Bertz CT molecular complexity index is 604. The predicted octanol–water partition coefficient (Wildman–Crippen LogP) is 2.17. The van der Waals surface area contributed by atoms with Crippen molar-refractivity contribution in [2.75, 3.05) is 19.9 Å². The summed E-state index contributed by atoms with van der Waals surface area (Å²) in [5.41, 5.74) is -1.13. The van der Waals surface area contributed by atoms with Gasteiger partial charge in [-0.05, 0) is 12.1 Å².